The van der Waals surface area contributed by atoms with Crippen LogP contribution in [0.25, 0.3) is 0 Å². The van der Waals surface area contributed by atoms with Crippen molar-refractivity contribution in [2.24, 2.45) is 5.41 Å². The van der Waals surface area contributed by atoms with E-state index in [0.717, 1.165) is 32.4 Å². The second-order valence-electron chi connectivity index (χ2n) is 6.79. The number of hydrogen-bond donors (Lipinski definition) is 1. The molecule has 1 N–H and O–H groups in total. The highest BCUT2D eigenvalue weighted by Gasteiger charge is 2.54. The van der Waals surface area contributed by atoms with Gasteiger partial charge in [0.05, 0.1) is 11.7 Å². The first-order chi connectivity index (χ1) is 9.11. The Balaban J connectivity index is 1.66. The summed E-state index contributed by atoms with van der Waals surface area (Å²) in [5.74, 6) is 0.362. The number of carbonyl (C=O) groups excluding carboxylic acids is 1. The van der Waals surface area contributed by atoms with Crippen LogP contribution < -0.4 is 5.32 Å². The molecule has 0 radical (unpaired) electrons. The second kappa shape index (κ2) is 4.74. The lowest BCUT2D eigenvalue weighted by atomic mass is 9.97. The summed E-state index contributed by atoms with van der Waals surface area (Å²) in [4.78, 5) is 14.9. The molecule has 0 aromatic carbocycles. The number of carbonyl (C=O) groups is 1. The van der Waals surface area contributed by atoms with E-state index in [1.807, 2.05) is 0 Å². The molecule has 0 bridgehead atoms. The molecule has 3 rings (SSSR count). The molecule has 0 aromatic rings. The Bertz CT molecular complexity index is 359. The molecule has 4 heteroatoms. The van der Waals surface area contributed by atoms with Gasteiger partial charge in [-0.2, -0.15) is 0 Å². The van der Waals surface area contributed by atoms with Crippen molar-refractivity contribution in [3.8, 4) is 0 Å². The van der Waals surface area contributed by atoms with Gasteiger partial charge in [0.1, 0.15) is 0 Å². The molecule has 1 amide bonds. The molecule has 1 aliphatic heterocycles. The van der Waals surface area contributed by atoms with Crippen LogP contribution in [0.4, 0.5) is 0 Å². The van der Waals surface area contributed by atoms with Gasteiger partial charge in [-0.3, -0.25) is 10.1 Å². The Morgan fingerprint density at radius 2 is 2.00 bits per heavy atom. The maximum atomic E-state index is 12.8. The molecule has 2 aliphatic carbocycles. The van der Waals surface area contributed by atoms with Gasteiger partial charge in [0.15, 0.2) is 0 Å². The number of amides is 1. The van der Waals surface area contributed by atoms with Gasteiger partial charge >= 0.3 is 0 Å². The van der Waals surface area contributed by atoms with Gasteiger partial charge in [0, 0.05) is 20.3 Å². The Morgan fingerprint density at radius 1 is 1.32 bits per heavy atom. The molecule has 1 saturated heterocycles. The van der Waals surface area contributed by atoms with Gasteiger partial charge in [-0.05, 0) is 44.4 Å². The average molecular weight is 266 g/mol. The normalized spacial score (nSPS) is 31.4. The summed E-state index contributed by atoms with van der Waals surface area (Å²) < 4.78 is 5.21. The predicted octanol–water partition coefficient (Wildman–Crippen LogP) is 1.89. The lowest BCUT2D eigenvalue weighted by Crippen LogP contribution is -2.44. The molecule has 108 valence electrons. The molecule has 1 atom stereocenters. The molecular weight excluding hydrogens is 240 g/mol. The smallest absolute Gasteiger partial charge is 0.244 e. The van der Waals surface area contributed by atoms with Crippen LogP contribution in [0, 0.1) is 5.41 Å². The van der Waals surface area contributed by atoms with E-state index in [1.54, 1.807) is 7.11 Å². The second-order valence-corrected chi connectivity index (χ2v) is 6.79. The van der Waals surface area contributed by atoms with Crippen LogP contribution in [0.1, 0.15) is 51.9 Å². The lowest BCUT2D eigenvalue weighted by molar-refractivity contribution is -0.133. The van der Waals surface area contributed by atoms with Gasteiger partial charge in [-0.15, -0.1) is 0 Å². The first-order valence-electron chi connectivity index (χ1n) is 7.69. The van der Waals surface area contributed by atoms with Crippen LogP contribution >= 0.6 is 0 Å². The first kappa shape index (κ1) is 13.4. The van der Waals surface area contributed by atoms with E-state index in [9.17, 15) is 4.79 Å². The van der Waals surface area contributed by atoms with E-state index in [2.05, 4.69) is 17.1 Å². The van der Waals surface area contributed by atoms with Gasteiger partial charge < -0.3 is 9.64 Å². The van der Waals surface area contributed by atoms with Gasteiger partial charge in [0.25, 0.3) is 0 Å². The zero-order chi connectivity index (χ0) is 13.5. The molecule has 0 aromatic heterocycles. The van der Waals surface area contributed by atoms with Crippen LogP contribution in [0.3, 0.4) is 0 Å². The fourth-order valence-corrected chi connectivity index (χ4v) is 3.88. The number of ether oxygens (including phenoxy) is 1. The minimum absolute atomic E-state index is 0.200. The van der Waals surface area contributed by atoms with E-state index >= 15 is 0 Å². The topological polar surface area (TPSA) is 41.6 Å². The molecule has 1 heterocycles. The molecule has 3 aliphatic rings. The van der Waals surface area contributed by atoms with E-state index in [1.165, 1.54) is 25.7 Å². The maximum absolute atomic E-state index is 12.8. The summed E-state index contributed by atoms with van der Waals surface area (Å²) in [7, 11) is 1.76. The van der Waals surface area contributed by atoms with Crippen molar-refractivity contribution in [1.29, 1.82) is 0 Å². The summed E-state index contributed by atoms with van der Waals surface area (Å²) in [6.45, 7) is 3.87. The highest BCUT2D eigenvalue weighted by atomic mass is 16.5. The van der Waals surface area contributed by atoms with Crippen LogP contribution in [0.2, 0.25) is 0 Å². The maximum Gasteiger partial charge on any atom is 0.244 e. The number of hydrogen-bond acceptors (Lipinski definition) is 3. The third kappa shape index (κ3) is 2.29. The Hall–Kier alpha value is -0.610. The quantitative estimate of drug-likeness (QED) is 0.826. The van der Waals surface area contributed by atoms with Gasteiger partial charge in [0.2, 0.25) is 5.91 Å². The highest BCUT2D eigenvalue weighted by Crippen LogP contribution is 2.50. The Labute approximate surface area is 115 Å². The molecule has 4 nitrogen and oxygen atoms in total. The van der Waals surface area contributed by atoms with Crippen molar-refractivity contribution in [1.82, 2.24) is 10.2 Å². The number of nitrogens with one attached hydrogen (secondary N) is 1. The zero-order valence-corrected chi connectivity index (χ0v) is 12.2. The summed E-state index contributed by atoms with van der Waals surface area (Å²) >= 11 is 0. The standard InChI is InChI=1S/C15H26N2O2/c1-12-16-15(5-3-4-6-15)13(18)17(12)11-14(7-8-14)9-10-19-2/h12,16H,3-11H2,1-2H3. The van der Waals surface area contributed by atoms with Crippen LogP contribution in [0.15, 0.2) is 0 Å². The lowest BCUT2D eigenvalue weighted by Gasteiger charge is -2.27. The van der Waals surface area contributed by atoms with Crippen molar-refractivity contribution in [2.75, 3.05) is 20.3 Å². The van der Waals surface area contributed by atoms with Crippen LogP contribution in [-0.2, 0) is 9.53 Å². The SMILES string of the molecule is COCCC1(CN2C(=O)C3(CCCC3)NC2C)CC1. The monoisotopic (exact) mass is 266 g/mol. The van der Waals surface area contributed by atoms with Gasteiger partial charge in [-0.1, -0.05) is 12.8 Å². The Kier molecular flexibility index (Phi) is 3.34. The van der Waals surface area contributed by atoms with Crippen LogP contribution in [0.5, 0.6) is 0 Å². The summed E-state index contributed by atoms with van der Waals surface area (Å²) in [6, 6.07) is 0. The first-order valence-corrected chi connectivity index (χ1v) is 7.69. The molecular formula is C15H26N2O2. The number of nitrogens with zero attached hydrogens (tertiary/aromatic N) is 1. The van der Waals surface area contributed by atoms with Crippen molar-refractivity contribution in [3.63, 3.8) is 0 Å². The molecule has 2 saturated carbocycles. The summed E-state index contributed by atoms with van der Waals surface area (Å²) in [5.41, 5.74) is 0.141. The van der Waals surface area contributed by atoms with E-state index in [0.29, 0.717) is 11.3 Å². The van der Waals surface area contributed by atoms with E-state index in [-0.39, 0.29) is 11.7 Å². The zero-order valence-electron chi connectivity index (χ0n) is 12.2. The van der Waals surface area contributed by atoms with Gasteiger partial charge in [-0.25, -0.2) is 0 Å². The minimum Gasteiger partial charge on any atom is -0.385 e. The fraction of sp³-hybridized carbons (Fsp3) is 0.933. The van der Waals surface area contributed by atoms with E-state index in [4.69, 9.17) is 4.74 Å². The van der Waals surface area contributed by atoms with E-state index < -0.39 is 0 Å². The minimum atomic E-state index is -0.212. The summed E-state index contributed by atoms with van der Waals surface area (Å²) in [6.07, 6.45) is 8.22. The predicted molar refractivity (Wildman–Crippen MR) is 73.7 cm³/mol. The average Bonchev–Trinajstić information content (AvgIpc) is 2.94. The Morgan fingerprint density at radius 3 is 2.58 bits per heavy atom. The van der Waals surface area contributed by atoms with Crippen molar-refractivity contribution in [2.45, 2.75) is 63.6 Å². The molecule has 3 fully saturated rings. The van der Waals surface area contributed by atoms with Crippen molar-refractivity contribution < 1.29 is 9.53 Å². The van der Waals surface area contributed by atoms with Crippen LogP contribution in [-0.4, -0.2) is 42.8 Å². The van der Waals surface area contributed by atoms with Crippen molar-refractivity contribution >= 4 is 5.91 Å². The number of methoxy groups -OCH3 is 1. The third-order valence-corrected chi connectivity index (χ3v) is 5.38. The molecule has 1 spiro atoms. The number of rotatable bonds is 5. The third-order valence-electron chi connectivity index (χ3n) is 5.38. The summed E-state index contributed by atoms with van der Waals surface area (Å²) in [5, 5.41) is 3.58. The van der Waals surface area contributed by atoms with Crippen molar-refractivity contribution in [3.05, 3.63) is 0 Å². The highest BCUT2D eigenvalue weighted by molar-refractivity contribution is 5.89. The fourth-order valence-electron chi connectivity index (χ4n) is 3.88. The molecule has 1 unspecified atom stereocenters. The largest absolute Gasteiger partial charge is 0.385 e. The molecule has 19 heavy (non-hydrogen) atoms.